The van der Waals surface area contributed by atoms with E-state index < -0.39 is 0 Å². The predicted octanol–water partition coefficient (Wildman–Crippen LogP) is 1.76. The number of para-hydroxylation sites is 1. The topological polar surface area (TPSA) is 91.2 Å². The summed E-state index contributed by atoms with van der Waals surface area (Å²) in [6.45, 7) is 2.63. The number of tetrazole rings is 1. The number of hydrogen-bond acceptors (Lipinski definition) is 6. The van der Waals surface area contributed by atoms with Gasteiger partial charge in [-0.05, 0) is 53.7 Å². The summed E-state index contributed by atoms with van der Waals surface area (Å²) in [5.74, 6) is 1.63. The highest BCUT2D eigenvalue weighted by Gasteiger charge is 2.10. The second-order valence-corrected chi connectivity index (χ2v) is 5.31. The molecule has 2 aromatic carbocycles. The molecule has 0 radical (unpaired) electrons. The molecule has 0 saturated heterocycles. The van der Waals surface area contributed by atoms with Gasteiger partial charge in [-0.2, -0.15) is 4.68 Å². The third-order valence-corrected chi connectivity index (χ3v) is 3.48. The maximum Gasteiger partial charge on any atom is 0.258 e. The summed E-state index contributed by atoms with van der Waals surface area (Å²) >= 11 is 0. The number of aromatic nitrogens is 4. The summed E-state index contributed by atoms with van der Waals surface area (Å²) in [6, 6.07) is 16.6. The van der Waals surface area contributed by atoms with E-state index in [1.807, 2.05) is 37.3 Å². The molecule has 0 fully saturated rings. The van der Waals surface area contributed by atoms with Crippen LogP contribution in [-0.2, 0) is 11.3 Å². The summed E-state index contributed by atoms with van der Waals surface area (Å²) in [5.41, 5.74) is 0.826. The summed E-state index contributed by atoms with van der Waals surface area (Å²) in [4.78, 5) is 12.0. The molecule has 0 atom stereocenters. The molecular formula is C18H19N5O3. The van der Waals surface area contributed by atoms with E-state index in [0.29, 0.717) is 18.2 Å². The normalized spacial score (nSPS) is 10.3. The van der Waals surface area contributed by atoms with Crippen LogP contribution in [-0.4, -0.2) is 39.3 Å². The maximum absolute atomic E-state index is 12.0. The molecule has 0 aliphatic rings. The van der Waals surface area contributed by atoms with Gasteiger partial charge in [-0.3, -0.25) is 4.79 Å². The van der Waals surface area contributed by atoms with Crippen molar-refractivity contribution in [2.24, 2.45) is 0 Å². The number of carbonyl (C=O) groups is 1. The first-order chi connectivity index (χ1) is 12.8. The van der Waals surface area contributed by atoms with Crippen molar-refractivity contribution in [3.8, 4) is 17.2 Å². The van der Waals surface area contributed by atoms with E-state index in [0.717, 1.165) is 11.4 Å². The average Bonchev–Trinajstić information content (AvgIpc) is 3.15. The highest BCUT2D eigenvalue weighted by atomic mass is 16.5. The average molecular weight is 353 g/mol. The van der Waals surface area contributed by atoms with Gasteiger partial charge in [0.1, 0.15) is 11.5 Å². The number of nitrogens with one attached hydrogen (secondary N) is 1. The molecule has 0 aliphatic carbocycles. The Labute approximate surface area is 150 Å². The second-order valence-electron chi connectivity index (χ2n) is 5.31. The van der Waals surface area contributed by atoms with Crippen molar-refractivity contribution < 1.29 is 14.3 Å². The lowest BCUT2D eigenvalue weighted by Crippen LogP contribution is -2.29. The third-order valence-electron chi connectivity index (χ3n) is 3.48. The minimum atomic E-state index is -0.263. The van der Waals surface area contributed by atoms with Gasteiger partial charge in [0.25, 0.3) is 5.91 Å². The Balaban J connectivity index is 1.50. The molecule has 0 saturated carbocycles. The quantitative estimate of drug-likeness (QED) is 0.663. The molecule has 26 heavy (non-hydrogen) atoms. The van der Waals surface area contributed by atoms with Crippen LogP contribution in [0.1, 0.15) is 12.7 Å². The van der Waals surface area contributed by atoms with Gasteiger partial charge in [-0.1, -0.05) is 18.2 Å². The Bertz CT molecular complexity index is 834. The molecule has 0 bridgehead atoms. The zero-order chi connectivity index (χ0) is 18.2. The zero-order valence-electron chi connectivity index (χ0n) is 14.3. The fourth-order valence-electron chi connectivity index (χ4n) is 2.26. The SMILES string of the molecule is CCOc1ccc(OCC(=O)NCc2nnnn2-c2ccccc2)cc1. The first-order valence-corrected chi connectivity index (χ1v) is 8.21. The monoisotopic (exact) mass is 353 g/mol. The molecule has 1 heterocycles. The van der Waals surface area contributed by atoms with E-state index in [4.69, 9.17) is 9.47 Å². The summed E-state index contributed by atoms with van der Waals surface area (Å²) in [6.07, 6.45) is 0. The Morgan fingerprint density at radius 3 is 2.42 bits per heavy atom. The van der Waals surface area contributed by atoms with Gasteiger partial charge < -0.3 is 14.8 Å². The largest absolute Gasteiger partial charge is 0.494 e. The number of amides is 1. The van der Waals surface area contributed by atoms with Gasteiger partial charge >= 0.3 is 0 Å². The van der Waals surface area contributed by atoms with Crippen LogP contribution in [0.4, 0.5) is 0 Å². The van der Waals surface area contributed by atoms with Crippen molar-refractivity contribution in [1.82, 2.24) is 25.5 Å². The number of ether oxygens (including phenoxy) is 2. The Kier molecular flexibility index (Phi) is 5.76. The van der Waals surface area contributed by atoms with Crippen LogP contribution in [0.15, 0.2) is 54.6 Å². The van der Waals surface area contributed by atoms with E-state index in [9.17, 15) is 4.79 Å². The van der Waals surface area contributed by atoms with Gasteiger partial charge in [0, 0.05) is 0 Å². The molecule has 1 amide bonds. The fourth-order valence-corrected chi connectivity index (χ4v) is 2.26. The highest BCUT2D eigenvalue weighted by molar-refractivity contribution is 5.77. The van der Waals surface area contributed by atoms with Gasteiger partial charge in [0.2, 0.25) is 0 Å². The van der Waals surface area contributed by atoms with Gasteiger partial charge in [0.05, 0.1) is 18.8 Å². The number of nitrogens with zero attached hydrogens (tertiary/aromatic N) is 4. The number of hydrogen-bond donors (Lipinski definition) is 1. The van der Waals surface area contributed by atoms with Crippen molar-refractivity contribution in [1.29, 1.82) is 0 Å². The fraction of sp³-hybridized carbons (Fsp3) is 0.222. The Morgan fingerprint density at radius 1 is 1.04 bits per heavy atom. The maximum atomic E-state index is 12.0. The van der Waals surface area contributed by atoms with Crippen LogP contribution in [0, 0.1) is 0 Å². The van der Waals surface area contributed by atoms with Crippen LogP contribution in [0.2, 0.25) is 0 Å². The van der Waals surface area contributed by atoms with Gasteiger partial charge in [0.15, 0.2) is 12.4 Å². The molecule has 3 aromatic rings. The highest BCUT2D eigenvalue weighted by Crippen LogP contribution is 2.17. The minimum absolute atomic E-state index is 0.0963. The van der Waals surface area contributed by atoms with Crippen molar-refractivity contribution in [3.05, 3.63) is 60.4 Å². The summed E-state index contributed by atoms with van der Waals surface area (Å²) in [7, 11) is 0. The number of benzene rings is 2. The molecule has 0 aliphatic heterocycles. The lowest BCUT2D eigenvalue weighted by atomic mass is 10.3. The lowest BCUT2D eigenvalue weighted by molar-refractivity contribution is -0.123. The summed E-state index contributed by atoms with van der Waals surface area (Å²) in [5, 5.41) is 14.3. The van der Waals surface area contributed by atoms with E-state index in [2.05, 4.69) is 20.8 Å². The third kappa shape index (κ3) is 4.56. The summed E-state index contributed by atoms with van der Waals surface area (Å²) < 4.78 is 12.4. The molecule has 0 spiro atoms. The van der Waals surface area contributed by atoms with Gasteiger partial charge in [-0.25, -0.2) is 0 Å². The minimum Gasteiger partial charge on any atom is -0.494 e. The van der Waals surface area contributed by atoms with Crippen LogP contribution < -0.4 is 14.8 Å². The molecule has 0 unspecified atom stereocenters. The molecule has 1 N–H and O–H groups in total. The van der Waals surface area contributed by atoms with E-state index in [1.54, 1.807) is 28.9 Å². The van der Waals surface area contributed by atoms with Gasteiger partial charge in [-0.15, -0.1) is 5.10 Å². The predicted molar refractivity (Wildman–Crippen MR) is 94.1 cm³/mol. The second kappa shape index (κ2) is 8.61. The van der Waals surface area contributed by atoms with E-state index in [1.165, 1.54) is 0 Å². The van der Waals surface area contributed by atoms with Crippen LogP contribution in [0.25, 0.3) is 5.69 Å². The number of rotatable bonds is 8. The molecule has 3 rings (SSSR count). The molecule has 1 aromatic heterocycles. The first kappa shape index (κ1) is 17.4. The molecule has 8 heteroatoms. The standard InChI is InChI=1S/C18H19N5O3/c1-2-25-15-8-10-16(11-9-15)26-13-18(24)19-12-17-20-21-22-23(17)14-6-4-3-5-7-14/h3-11H,2,12-13H2,1H3,(H,19,24). The smallest absolute Gasteiger partial charge is 0.258 e. The first-order valence-electron chi connectivity index (χ1n) is 8.21. The molecule has 134 valence electrons. The van der Waals surface area contributed by atoms with Crippen molar-refractivity contribution in [2.75, 3.05) is 13.2 Å². The van der Waals surface area contributed by atoms with Crippen LogP contribution in [0.3, 0.4) is 0 Å². The molecule has 8 nitrogen and oxygen atoms in total. The van der Waals surface area contributed by atoms with Crippen LogP contribution >= 0.6 is 0 Å². The van der Waals surface area contributed by atoms with Crippen molar-refractivity contribution in [3.63, 3.8) is 0 Å². The van der Waals surface area contributed by atoms with Crippen molar-refractivity contribution in [2.45, 2.75) is 13.5 Å². The Morgan fingerprint density at radius 2 is 1.73 bits per heavy atom. The van der Waals surface area contributed by atoms with E-state index >= 15 is 0 Å². The Hall–Kier alpha value is -3.42. The molecular weight excluding hydrogens is 334 g/mol. The zero-order valence-corrected chi connectivity index (χ0v) is 14.3. The number of carbonyl (C=O) groups excluding carboxylic acids is 1. The lowest BCUT2D eigenvalue weighted by Gasteiger charge is -2.09. The van der Waals surface area contributed by atoms with Crippen molar-refractivity contribution >= 4 is 5.91 Å². The van der Waals surface area contributed by atoms with E-state index in [-0.39, 0.29) is 19.1 Å². The van der Waals surface area contributed by atoms with Crippen LogP contribution in [0.5, 0.6) is 11.5 Å².